The first-order valence-electron chi connectivity index (χ1n) is 9.62. The third-order valence-corrected chi connectivity index (χ3v) is 4.48. The Hall–Kier alpha value is -1.70. The van der Waals surface area contributed by atoms with Crippen LogP contribution in [0.1, 0.15) is 71.6 Å². The van der Waals surface area contributed by atoms with Crippen LogP contribution >= 0.6 is 0 Å². The van der Waals surface area contributed by atoms with Gasteiger partial charge >= 0.3 is 6.18 Å². The largest absolute Gasteiger partial charge is 0.416 e. The van der Waals surface area contributed by atoms with E-state index < -0.39 is 34.8 Å². The Balaban J connectivity index is 3.31. The van der Waals surface area contributed by atoms with Gasteiger partial charge in [-0.25, -0.2) is 8.78 Å². The zero-order valence-electron chi connectivity index (χ0n) is 18.0. The number of nitrogens with one attached hydrogen (secondary N) is 2. The van der Waals surface area contributed by atoms with Crippen molar-refractivity contribution in [1.29, 1.82) is 0 Å². The predicted molar refractivity (Wildman–Crippen MR) is 104 cm³/mol. The van der Waals surface area contributed by atoms with Gasteiger partial charge < -0.3 is 10.6 Å². The molecule has 1 rings (SSSR count). The van der Waals surface area contributed by atoms with Crippen LogP contribution in [0.5, 0.6) is 0 Å². The van der Waals surface area contributed by atoms with Crippen molar-refractivity contribution >= 4 is 5.91 Å². The van der Waals surface area contributed by atoms with Crippen molar-refractivity contribution in [1.82, 2.24) is 10.6 Å². The summed E-state index contributed by atoms with van der Waals surface area (Å²) in [4.78, 5) is 12.8. The Morgan fingerprint density at radius 1 is 0.897 bits per heavy atom. The molecule has 8 heteroatoms. The second kappa shape index (κ2) is 8.98. The number of rotatable bonds is 8. The Morgan fingerprint density at radius 3 is 1.79 bits per heavy atom. The normalized spacial score (nSPS) is 14.4. The number of benzene rings is 1. The van der Waals surface area contributed by atoms with Crippen LogP contribution in [0.25, 0.3) is 0 Å². The smallest absolute Gasteiger partial charge is 0.346 e. The van der Waals surface area contributed by atoms with Crippen molar-refractivity contribution in [3.63, 3.8) is 0 Å². The molecule has 0 fully saturated rings. The van der Waals surface area contributed by atoms with Gasteiger partial charge in [-0.2, -0.15) is 13.2 Å². The van der Waals surface area contributed by atoms with Crippen molar-refractivity contribution in [2.75, 3.05) is 0 Å². The molecule has 1 aromatic rings. The molecule has 1 amide bonds. The summed E-state index contributed by atoms with van der Waals surface area (Å²) in [5, 5.41) is 5.87. The van der Waals surface area contributed by atoms with Crippen molar-refractivity contribution in [2.24, 2.45) is 5.92 Å². The quantitative estimate of drug-likeness (QED) is 0.537. The second-order valence-electron chi connectivity index (χ2n) is 8.80. The summed E-state index contributed by atoms with van der Waals surface area (Å²) in [7, 11) is 0. The molecule has 0 spiro atoms. The van der Waals surface area contributed by atoms with Crippen molar-refractivity contribution in [3.8, 4) is 0 Å². The maximum atomic E-state index is 13.8. The van der Waals surface area contributed by atoms with Crippen LogP contribution in [0.15, 0.2) is 18.2 Å². The molecule has 0 unspecified atom stereocenters. The van der Waals surface area contributed by atoms with Gasteiger partial charge in [-0.05, 0) is 49.9 Å². The number of alkyl halides is 5. The molecule has 29 heavy (non-hydrogen) atoms. The lowest BCUT2D eigenvalue weighted by Crippen LogP contribution is -2.52. The number of amides is 1. The molecule has 0 aliphatic rings. The SMILES string of the molecule is CC(C)C[C@@H](NC(C)C)C(=O)NC(C)(C)c1cc(C(C)(F)F)cc(C(F)(F)F)c1. The van der Waals surface area contributed by atoms with E-state index in [0.29, 0.717) is 19.4 Å². The van der Waals surface area contributed by atoms with Crippen LogP contribution in [0, 0.1) is 5.92 Å². The van der Waals surface area contributed by atoms with Gasteiger partial charge in [-0.15, -0.1) is 0 Å². The molecule has 0 aromatic heterocycles. The first-order chi connectivity index (χ1) is 12.9. The summed E-state index contributed by atoms with van der Waals surface area (Å²) in [6.45, 7) is 11.2. The van der Waals surface area contributed by atoms with Crippen LogP contribution in [0.3, 0.4) is 0 Å². The monoisotopic (exact) mass is 422 g/mol. The van der Waals surface area contributed by atoms with Crippen molar-refractivity contribution < 1.29 is 26.7 Å². The van der Waals surface area contributed by atoms with Gasteiger partial charge in [-0.3, -0.25) is 4.79 Å². The van der Waals surface area contributed by atoms with Crippen LogP contribution in [-0.2, 0) is 22.4 Å². The van der Waals surface area contributed by atoms with E-state index in [-0.39, 0.29) is 23.4 Å². The molecule has 0 aliphatic carbocycles. The first kappa shape index (κ1) is 25.3. The van der Waals surface area contributed by atoms with Gasteiger partial charge in [0.2, 0.25) is 5.91 Å². The predicted octanol–water partition coefficient (Wildman–Crippen LogP) is 5.58. The van der Waals surface area contributed by atoms with Gasteiger partial charge in [-0.1, -0.05) is 27.7 Å². The fourth-order valence-electron chi connectivity index (χ4n) is 3.00. The molecule has 0 saturated heterocycles. The Labute approximate surface area is 169 Å². The van der Waals surface area contributed by atoms with Gasteiger partial charge in [0.05, 0.1) is 17.1 Å². The van der Waals surface area contributed by atoms with Gasteiger partial charge in [0, 0.05) is 18.5 Å². The topological polar surface area (TPSA) is 41.1 Å². The van der Waals surface area contributed by atoms with Gasteiger partial charge in [0.15, 0.2) is 0 Å². The van der Waals surface area contributed by atoms with E-state index in [4.69, 9.17) is 0 Å². The lowest BCUT2D eigenvalue weighted by molar-refractivity contribution is -0.137. The first-order valence-corrected chi connectivity index (χ1v) is 9.62. The number of halogens is 5. The fourth-order valence-corrected chi connectivity index (χ4v) is 3.00. The highest BCUT2D eigenvalue weighted by atomic mass is 19.4. The van der Waals surface area contributed by atoms with Crippen LogP contribution < -0.4 is 10.6 Å². The Kier molecular flexibility index (Phi) is 7.84. The summed E-state index contributed by atoms with van der Waals surface area (Å²) in [6.07, 6.45) is -4.25. The van der Waals surface area contributed by atoms with Crippen LogP contribution in [-0.4, -0.2) is 18.0 Å². The minimum atomic E-state index is -4.78. The highest BCUT2D eigenvalue weighted by molar-refractivity contribution is 5.82. The minimum Gasteiger partial charge on any atom is -0.346 e. The maximum Gasteiger partial charge on any atom is 0.416 e. The lowest BCUT2D eigenvalue weighted by Gasteiger charge is -2.32. The Bertz CT molecular complexity index is 664. The number of hydrogen-bond donors (Lipinski definition) is 2. The van der Waals surface area contributed by atoms with E-state index in [1.54, 1.807) is 0 Å². The average molecular weight is 422 g/mol. The standard InChI is InChI=1S/C21H31F5N2O/c1-12(2)8-17(27-13(3)4)18(29)28-19(5,6)14-9-15(20(7,22)23)11-16(10-14)21(24,25)26/h9-13,17,27H,8H2,1-7H3,(H,28,29)/t17-/m1/s1. The van der Waals surface area contributed by atoms with Crippen molar-refractivity contribution in [3.05, 3.63) is 34.9 Å². The summed E-state index contributed by atoms with van der Waals surface area (Å²) in [6, 6.07) is 1.74. The Morgan fingerprint density at radius 2 is 1.38 bits per heavy atom. The number of carbonyl (C=O) groups is 1. The zero-order chi connectivity index (χ0) is 22.8. The molecule has 2 N–H and O–H groups in total. The molecule has 0 heterocycles. The molecule has 0 bridgehead atoms. The summed E-state index contributed by atoms with van der Waals surface area (Å²) in [5.74, 6) is -3.63. The third kappa shape index (κ3) is 7.57. The van der Waals surface area contributed by atoms with E-state index >= 15 is 0 Å². The third-order valence-electron chi connectivity index (χ3n) is 4.48. The summed E-state index contributed by atoms with van der Waals surface area (Å²) < 4.78 is 67.4. The molecule has 166 valence electrons. The van der Waals surface area contributed by atoms with E-state index in [2.05, 4.69) is 10.6 Å². The molecule has 3 nitrogen and oxygen atoms in total. The summed E-state index contributed by atoms with van der Waals surface area (Å²) in [5.41, 5.74) is -3.24. The number of carbonyl (C=O) groups excluding carboxylic acids is 1. The van der Waals surface area contributed by atoms with Gasteiger partial charge in [0.25, 0.3) is 5.92 Å². The number of hydrogen-bond acceptors (Lipinski definition) is 2. The maximum absolute atomic E-state index is 13.8. The highest BCUT2D eigenvalue weighted by Gasteiger charge is 2.37. The molecule has 0 aliphatic heterocycles. The molecular weight excluding hydrogens is 391 g/mol. The van der Waals surface area contributed by atoms with E-state index in [9.17, 15) is 26.7 Å². The molecule has 0 radical (unpaired) electrons. The second-order valence-corrected chi connectivity index (χ2v) is 8.80. The minimum absolute atomic E-state index is 0.0200. The molecular formula is C21H31F5N2O. The van der Waals surface area contributed by atoms with E-state index in [1.807, 2.05) is 27.7 Å². The fraction of sp³-hybridized carbons (Fsp3) is 0.667. The van der Waals surface area contributed by atoms with Crippen LogP contribution in [0.2, 0.25) is 0 Å². The van der Waals surface area contributed by atoms with Gasteiger partial charge in [0.1, 0.15) is 0 Å². The molecule has 1 aromatic carbocycles. The molecule has 1 atom stereocenters. The average Bonchev–Trinajstić information content (AvgIpc) is 2.50. The lowest BCUT2D eigenvalue weighted by atomic mass is 9.89. The molecule has 0 saturated carbocycles. The van der Waals surface area contributed by atoms with E-state index in [1.165, 1.54) is 13.8 Å². The van der Waals surface area contributed by atoms with E-state index in [0.717, 1.165) is 12.1 Å². The summed E-state index contributed by atoms with van der Waals surface area (Å²) >= 11 is 0. The van der Waals surface area contributed by atoms with Crippen LogP contribution in [0.4, 0.5) is 22.0 Å². The van der Waals surface area contributed by atoms with Crippen molar-refractivity contribution in [2.45, 2.75) is 84.6 Å². The zero-order valence-corrected chi connectivity index (χ0v) is 18.0. The highest BCUT2D eigenvalue weighted by Crippen LogP contribution is 2.37.